The van der Waals surface area contributed by atoms with Gasteiger partial charge < -0.3 is 10.5 Å². The van der Waals surface area contributed by atoms with E-state index in [0.29, 0.717) is 0 Å². The number of H-pyrrole nitrogens is 2. The number of benzene rings is 1. The van der Waals surface area contributed by atoms with Crippen molar-refractivity contribution in [2.75, 3.05) is 0 Å². The van der Waals surface area contributed by atoms with Gasteiger partial charge in [0.2, 0.25) is 11.8 Å². The van der Waals surface area contributed by atoms with Gasteiger partial charge in [-0.1, -0.05) is 17.7 Å². The Balaban J connectivity index is 2.34. The van der Waals surface area contributed by atoms with Gasteiger partial charge in [-0.25, -0.2) is 4.79 Å². The maximum absolute atomic E-state index is 12.2. The van der Waals surface area contributed by atoms with Crippen LogP contribution < -0.4 is 21.7 Å². The molecule has 0 aliphatic carbocycles. The molecule has 25 heavy (non-hydrogen) atoms. The lowest BCUT2D eigenvalue weighted by Crippen LogP contribution is -2.33. The summed E-state index contributed by atoms with van der Waals surface area (Å²) in [6.45, 7) is 0. The minimum Gasteiger partial charge on any atom is -0.424 e. The Hall–Kier alpha value is -3.58. The van der Waals surface area contributed by atoms with Gasteiger partial charge in [0, 0.05) is 6.07 Å². The van der Waals surface area contributed by atoms with Gasteiger partial charge in [0.25, 0.3) is 11.2 Å². The van der Waals surface area contributed by atoms with E-state index in [4.69, 9.17) is 22.1 Å². The monoisotopic (exact) mass is 361 g/mol. The molecule has 0 radical (unpaired) electrons. The standard InChI is InChI=1S/C14H8ClN5O5/c15-7-2-1-5(3-8(7)20(23)24)9-6(4-16)11(17)25-13-10(9)12(21)18-14(22)19-13/h1-3,9H,17H2,(H2,18,19,21,22)/t9-/m0/s1. The fraction of sp³-hybridized carbons (Fsp3) is 0.0714. The highest BCUT2D eigenvalue weighted by Gasteiger charge is 2.35. The van der Waals surface area contributed by atoms with Crippen molar-refractivity contribution in [3.8, 4) is 11.9 Å². The molecule has 0 saturated carbocycles. The molecule has 1 atom stereocenters. The van der Waals surface area contributed by atoms with E-state index in [1.54, 1.807) is 0 Å². The number of aromatic amines is 2. The van der Waals surface area contributed by atoms with Gasteiger partial charge in [0.05, 0.1) is 16.4 Å². The lowest BCUT2D eigenvalue weighted by Gasteiger charge is -2.24. The van der Waals surface area contributed by atoms with Crippen molar-refractivity contribution in [1.82, 2.24) is 9.97 Å². The summed E-state index contributed by atoms with van der Waals surface area (Å²) >= 11 is 5.80. The summed E-state index contributed by atoms with van der Waals surface area (Å²) in [4.78, 5) is 38.4. The summed E-state index contributed by atoms with van der Waals surface area (Å²) in [7, 11) is 0. The maximum atomic E-state index is 12.2. The molecular weight excluding hydrogens is 354 g/mol. The molecule has 1 aromatic carbocycles. The molecule has 2 aromatic rings. The average molecular weight is 362 g/mol. The van der Waals surface area contributed by atoms with Crippen LogP contribution in [-0.2, 0) is 0 Å². The number of halogens is 1. The lowest BCUT2D eigenvalue weighted by atomic mass is 9.85. The molecule has 0 saturated heterocycles. The molecule has 10 nitrogen and oxygen atoms in total. The third-order valence-electron chi connectivity index (χ3n) is 3.62. The first-order valence-electron chi connectivity index (χ1n) is 6.71. The Kier molecular flexibility index (Phi) is 3.78. The predicted octanol–water partition coefficient (Wildman–Crippen LogP) is 0.843. The van der Waals surface area contributed by atoms with Gasteiger partial charge in [-0.3, -0.25) is 24.9 Å². The molecule has 1 aliphatic heterocycles. The van der Waals surface area contributed by atoms with Crippen LogP contribution in [-0.4, -0.2) is 14.9 Å². The first-order chi connectivity index (χ1) is 11.8. The molecule has 2 heterocycles. The van der Waals surface area contributed by atoms with Gasteiger partial charge in [-0.05, 0) is 11.6 Å². The molecule has 1 aromatic heterocycles. The number of ether oxygens (including phenoxy) is 1. The van der Waals surface area contributed by atoms with Crippen molar-refractivity contribution in [2.24, 2.45) is 5.73 Å². The number of rotatable bonds is 2. The number of nitro groups is 1. The zero-order chi connectivity index (χ0) is 18.3. The van der Waals surface area contributed by atoms with E-state index in [0.717, 1.165) is 6.07 Å². The number of hydrogen-bond donors (Lipinski definition) is 3. The van der Waals surface area contributed by atoms with Crippen LogP contribution in [0.25, 0.3) is 0 Å². The molecule has 0 amide bonds. The van der Waals surface area contributed by atoms with Crippen molar-refractivity contribution < 1.29 is 9.66 Å². The van der Waals surface area contributed by atoms with Gasteiger partial charge in [-0.2, -0.15) is 5.26 Å². The van der Waals surface area contributed by atoms with Crippen molar-refractivity contribution in [3.05, 3.63) is 76.8 Å². The SMILES string of the molecule is N#CC1=C(N)Oc2[nH]c(=O)[nH]c(=O)c2[C@H]1c1ccc(Cl)c([N+](=O)[O-])c1. The van der Waals surface area contributed by atoms with Crippen LogP contribution in [0, 0.1) is 21.4 Å². The van der Waals surface area contributed by atoms with Crippen LogP contribution in [0.1, 0.15) is 17.0 Å². The molecular formula is C14H8ClN5O5. The van der Waals surface area contributed by atoms with E-state index < -0.39 is 27.8 Å². The number of allylic oxidation sites excluding steroid dienone is 1. The fourth-order valence-electron chi connectivity index (χ4n) is 2.57. The second-order valence-electron chi connectivity index (χ2n) is 5.04. The number of hydrogen-bond acceptors (Lipinski definition) is 7. The largest absolute Gasteiger partial charge is 0.424 e. The molecule has 11 heteroatoms. The Bertz CT molecular complexity index is 1090. The van der Waals surface area contributed by atoms with Crippen molar-refractivity contribution >= 4 is 17.3 Å². The van der Waals surface area contributed by atoms with Crippen molar-refractivity contribution in [1.29, 1.82) is 5.26 Å². The smallest absolute Gasteiger partial charge is 0.328 e. The maximum Gasteiger partial charge on any atom is 0.328 e. The summed E-state index contributed by atoms with van der Waals surface area (Å²) in [5, 5.41) is 20.4. The van der Waals surface area contributed by atoms with Crippen molar-refractivity contribution in [2.45, 2.75) is 5.92 Å². The van der Waals surface area contributed by atoms with Crippen LogP contribution in [0.5, 0.6) is 5.88 Å². The Morgan fingerprint density at radius 1 is 1.36 bits per heavy atom. The normalized spacial score (nSPS) is 15.9. The summed E-state index contributed by atoms with van der Waals surface area (Å²) in [6, 6.07) is 5.66. The van der Waals surface area contributed by atoms with Crippen LogP contribution >= 0.6 is 11.6 Å². The summed E-state index contributed by atoms with van der Waals surface area (Å²) in [6.07, 6.45) is 0. The van der Waals surface area contributed by atoms with Gasteiger partial charge in [0.1, 0.15) is 16.7 Å². The first kappa shape index (κ1) is 16.3. The molecule has 1 aliphatic rings. The van der Waals surface area contributed by atoms with Crippen LogP contribution in [0.3, 0.4) is 0 Å². The topological polar surface area (TPSA) is 168 Å². The van der Waals surface area contributed by atoms with E-state index in [2.05, 4.69) is 4.98 Å². The quantitative estimate of drug-likeness (QED) is 0.525. The minimum atomic E-state index is -1.06. The molecule has 0 fully saturated rings. The number of nitrogens with two attached hydrogens (primary N) is 1. The van der Waals surface area contributed by atoms with E-state index in [9.17, 15) is 25.0 Å². The Labute approximate surface area is 143 Å². The van der Waals surface area contributed by atoms with E-state index in [1.807, 2.05) is 11.1 Å². The molecule has 0 bridgehead atoms. The average Bonchev–Trinajstić information content (AvgIpc) is 2.53. The number of nitrogens with zero attached hydrogens (tertiary/aromatic N) is 2. The molecule has 4 N–H and O–H groups in total. The van der Waals surface area contributed by atoms with Crippen molar-refractivity contribution in [3.63, 3.8) is 0 Å². The summed E-state index contributed by atoms with van der Waals surface area (Å²) < 4.78 is 5.15. The highest BCUT2D eigenvalue weighted by molar-refractivity contribution is 6.32. The first-order valence-corrected chi connectivity index (χ1v) is 7.09. The number of nitrogens with one attached hydrogen (secondary N) is 2. The number of nitriles is 1. The number of fused-ring (bicyclic) bond motifs is 1. The predicted molar refractivity (Wildman–Crippen MR) is 85.1 cm³/mol. The second kappa shape index (κ2) is 5.81. The van der Waals surface area contributed by atoms with Gasteiger partial charge >= 0.3 is 5.69 Å². The van der Waals surface area contributed by atoms with E-state index in [1.165, 1.54) is 12.1 Å². The van der Waals surface area contributed by atoms with Crippen LogP contribution in [0.4, 0.5) is 5.69 Å². The summed E-state index contributed by atoms with van der Waals surface area (Å²) in [5.74, 6) is -1.61. The lowest BCUT2D eigenvalue weighted by molar-refractivity contribution is -0.384. The highest BCUT2D eigenvalue weighted by Crippen LogP contribution is 2.40. The summed E-state index contributed by atoms with van der Waals surface area (Å²) in [5.41, 5.74) is 3.68. The van der Waals surface area contributed by atoms with Gasteiger partial charge in [0.15, 0.2) is 0 Å². The molecule has 0 spiro atoms. The number of aromatic nitrogens is 2. The Morgan fingerprint density at radius 3 is 2.72 bits per heavy atom. The highest BCUT2D eigenvalue weighted by atomic mass is 35.5. The zero-order valence-corrected chi connectivity index (χ0v) is 13.0. The van der Waals surface area contributed by atoms with Gasteiger partial charge in [-0.15, -0.1) is 0 Å². The second-order valence-corrected chi connectivity index (χ2v) is 5.45. The molecule has 126 valence electrons. The number of nitro benzene ring substituents is 1. The third-order valence-corrected chi connectivity index (χ3v) is 3.94. The molecule has 3 rings (SSSR count). The third kappa shape index (κ3) is 2.62. The van der Waals surface area contributed by atoms with Crippen LogP contribution in [0.15, 0.2) is 39.2 Å². The van der Waals surface area contributed by atoms with Crippen LogP contribution in [0.2, 0.25) is 5.02 Å². The Morgan fingerprint density at radius 2 is 2.08 bits per heavy atom. The van der Waals surface area contributed by atoms with E-state index in [-0.39, 0.29) is 33.5 Å². The molecule has 0 unspecified atom stereocenters. The van der Waals surface area contributed by atoms with E-state index >= 15 is 0 Å². The minimum absolute atomic E-state index is 0.0954. The zero-order valence-electron chi connectivity index (χ0n) is 12.2. The fourth-order valence-corrected chi connectivity index (χ4v) is 2.76.